The normalized spacial score (nSPS) is 18.1. The van der Waals surface area contributed by atoms with Gasteiger partial charge in [-0.05, 0) is 73.7 Å². The minimum Gasteiger partial charge on any atom is -0.488 e. The Labute approximate surface area is 264 Å². The summed E-state index contributed by atoms with van der Waals surface area (Å²) >= 11 is 0. The molecule has 3 aromatic carbocycles. The molecule has 10 nitrogen and oxygen atoms in total. The molecule has 0 saturated carbocycles. The maximum absolute atomic E-state index is 13.4. The molecule has 0 saturated heterocycles. The van der Waals surface area contributed by atoms with E-state index in [0.717, 1.165) is 52.8 Å². The summed E-state index contributed by atoms with van der Waals surface area (Å²) in [5.41, 5.74) is -0.120. The summed E-state index contributed by atoms with van der Waals surface area (Å²) in [6, 6.07) is 11.6. The van der Waals surface area contributed by atoms with Crippen molar-refractivity contribution in [3.63, 3.8) is 0 Å². The predicted octanol–water partition coefficient (Wildman–Crippen LogP) is 4.96. The van der Waals surface area contributed by atoms with Gasteiger partial charge in [0, 0.05) is 36.4 Å². The van der Waals surface area contributed by atoms with E-state index in [-0.39, 0.29) is 54.0 Å². The average molecular weight is 667 g/mol. The first-order valence-corrected chi connectivity index (χ1v) is 15.7. The molecule has 0 bridgehead atoms. The van der Waals surface area contributed by atoms with E-state index in [9.17, 15) is 40.7 Å². The summed E-state index contributed by atoms with van der Waals surface area (Å²) in [6.07, 6.45) is -5.47. The smallest absolute Gasteiger partial charge is 0.416 e. The summed E-state index contributed by atoms with van der Waals surface area (Å²) in [5, 5.41) is 14.9. The van der Waals surface area contributed by atoms with Gasteiger partial charge in [0.05, 0.1) is 36.1 Å². The standard InChI is InChI=1S/C31H34F4N4O6S/c1-19-16-39(20(2)18-40)29(41)15-21-14-25(37-30(42)36-24-8-4-22(5-9-24)31(33,34)35)10-13-27(21)45-28(19)17-38(3)46(43,44)26-11-6-23(32)7-12-26/h4-14,19-20,28,40H,15-18H2,1-3H3,(H2,36,37,42)/t19-,20+,28-/m1/s1. The molecule has 3 N–H and O–H groups in total. The topological polar surface area (TPSA) is 128 Å². The third-order valence-corrected chi connectivity index (χ3v) is 9.44. The number of sulfonamides is 1. The number of hydrogen-bond acceptors (Lipinski definition) is 6. The molecular weight excluding hydrogens is 632 g/mol. The molecule has 3 amide bonds. The van der Waals surface area contributed by atoms with Gasteiger partial charge in [-0.15, -0.1) is 0 Å². The molecular formula is C31H34F4N4O6S. The van der Waals surface area contributed by atoms with Crippen LogP contribution in [0.5, 0.6) is 5.75 Å². The van der Waals surface area contributed by atoms with Crippen molar-refractivity contribution >= 4 is 33.3 Å². The number of hydrogen-bond donors (Lipinski definition) is 3. The molecule has 4 rings (SSSR count). The summed E-state index contributed by atoms with van der Waals surface area (Å²) < 4.78 is 85.9. The zero-order chi connectivity index (χ0) is 33.8. The molecule has 0 unspecified atom stereocenters. The fourth-order valence-electron chi connectivity index (χ4n) is 4.90. The number of aliphatic hydroxyl groups excluding tert-OH is 1. The zero-order valence-electron chi connectivity index (χ0n) is 25.2. The SMILES string of the molecule is C[C@@H]1CN([C@@H](C)CO)C(=O)Cc2cc(NC(=O)Nc3ccc(C(F)(F)F)cc3)ccc2O[C@@H]1CN(C)S(=O)(=O)c1ccc(F)cc1. The van der Waals surface area contributed by atoms with E-state index < -0.39 is 51.7 Å². The van der Waals surface area contributed by atoms with Gasteiger partial charge in [-0.3, -0.25) is 4.79 Å². The number of fused-ring (bicyclic) bond motifs is 1. The van der Waals surface area contributed by atoms with Gasteiger partial charge >= 0.3 is 12.2 Å². The minimum atomic E-state index is -4.52. The average Bonchev–Trinajstić information content (AvgIpc) is 3.04. The summed E-state index contributed by atoms with van der Waals surface area (Å²) in [5.74, 6) is -1.07. The number of nitrogens with zero attached hydrogens (tertiary/aromatic N) is 2. The van der Waals surface area contributed by atoms with Gasteiger partial charge in [0.2, 0.25) is 15.9 Å². The van der Waals surface area contributed by atoms with E-state index >= 15 is 0 Å². The predicted molar refractivity (Wildman–Crippen MR) is 162 cm³/mol. The van der Waals surface area contributed by atoms with Gasteiger partial charge in [-0.25, -0.2) is 17.6 Å². The van der Waals surface area contributed by atoms with Crippen molar-refractivity contribution < 1.29 is 45.4 Å². The molecule has 1 aliphatic rings. The van der Waals surface area contributed by atoms with Crippen LogP contribution in [-0.4, -0.2) is 73.6 Å². The van der Waals surface area contributed by atoms with Crippen LogP contribution in [0, 0.1) is 11.7 Å². The second-order valence-electron chi connectivity index (χ2n) is 11.1. The van der Waals surface area contributed by atoms with Crippen LogP contribution in [0.1, 0.15) is 25.0 Å². The molecule has 15 heteroatoms. The van der Waals surface area contributed by atoms with Crippen LogP contribution in [0.2, 0.25) is 0 Å². The molecule has 0 aliphatic carbocycles. The van der Waals surface area contributed by atoms with Crippen molar-refractivity contribution in [3.05, 3.63) is 83.7 Å². The van der Waals surface area contributed by atoms with Crippen LogP contribution < -0.4 is 15.4 Å². The first-order chi connectivity index (χ1) is 21.6. The Morgan fingerprint density at radius 2 is 1.67 bits per heavy atom. The number of nitrogens with one attached hydrogen (secondary N) is 2. The van der Waals surface area contributed by atoms with Gasteiger partial charge < -0.3 is 25.4 Å². The molecule has 0 aromatic heterocycles. The third-order valence-electron chi connectivity index (χ3n) is 7.60. The molecule has 1 aliphatic heterocycles. The fraction of sp³-hybridized carbons (Fsp3) is 0.355. The first-order valence-electron chi connectivity index (χ1n) is 14.3. The lowest BCUT2D eigenvalue weighted by atomic mass is 10.0. The van der Waals surface area contributed by atoms with Crippen molar-refractivity contribution in [2.24, 2.45) is 5.92 Å². The Balaban J connectivity index is 1.58. The van der Waals surface area contributed by atoms with Crippen LogP contribution in [0.25, 0.3) is 0 Å². The number of aliphatic hydroxyl groups is 1. The highest BCUT2D eigenvalue weighted by atomic mass is 32.2. The lowest BCUT2D eigenvalue weighted by Gasteiger charge is -2.33. The van der Waals surface area contributed by atoms with Crippen molar-refractivity contribution in [1.82, 2.24) is 9.21 Å². The summed E-state index contributed by atoms with van der Waals surface area (Å²) in [6.45, 7) is 3.16. The lowest BCUT2D eigenvalue weighted by molar-refractivity contribution is -0.137. The largest absolute Gasteiger partial charge is 0.488 e. The van der Waals surface area contributed by atoms with Gasteiger partial charge in [-0.2, -0.15) is 17.5 Å². The Morgan fingerprint density at radius 1 is 1.07 bits per heavy atom. The number of ether oxygens (including phenoxy) is 1. The number of benzene rings is 3. The number of carbonyl (C=O) groups is 2. The van der Waals surface area contributed by atoms with E-state index in [1.807, 2.05) is 0 Å². The van der Waals surface area contributed by atoms with Crippen LogP contribution >= 0.6 is 0 Å². The van der Waals surface area contributed by atoms with Gasteiger partial charge in [-0.1, -0.05) is 6.92 Å². The van der Waals surface area contributed by atoms with Crippen LogP contribution in [0.15, 0.2) is 71.6 Å². The molecule has 3 aromatic rings. The molecule has 3 atom stereocenters. The molecule has 0 spiro atoms. The maximum Gasteiger partial charge on any atom is 0.416 e. The highest BCUT2D eigenvalue weighted by molar-refractivity contribution is 7.89. The van der Waals surface area contributed by atoms with Crippen molar-refractivity contribution in [2.75, 3.05) is 37.4 Å². The molecule has 1 heterocycles. The van der Waals surface area contributed by atoms with E-state index in [4.69, 9.17) is 4.74 Å². The number of carbonyl (C=O) groups excluding carboxylic acids is 2. The monoisotopic (exact) mass is 666 g/mol. The quantitative estimate of drug-likeness (QED) is 0.292. The Kier molecular flexibility index (Phi) is 10.6. The molecule has 0 radical (unpaired) electrons. The second kappa shape index (κ2) is 14.1. The number of halogens is 4. The van der Waals surface area contributed by atoms with Gasteiger partial charge in [0.1, 0.15) is 17.7 Å². The fourth-order valence-corrected chi connectivity index (χ4v) is 6.08. The van der Waals surface area contributed by atoms with E-state index in [2.05, 4.69) is 10.6 Å². The summed E-state index contributed by atoms with van der Waals surface area (Å²) in [7, 11) is -2.67. The first kappa shape index (κ1) is 34.7. The third kappa shape index (κ3) is 8.33. The van der Waals surface area contributed by atoms with E-state index in [1.54, 1.807) is 13.8 Å². The number of anilines is 2. The highest BCUT2D eigenvalue weighted by Gasteiger charge is 2.34. The van der Waals surface area contributed by atoms with Gasteiger partial charge in [0.15, 0.2) is 0 Å². The van der Waals surface area contributed by atoms with Crippen LogP contribution in [0.3, 0.4) is 0 Å². The van der Waals surface area contributed by atoms with Gasteiger partial charge in [0.25, 0.3) is 0 Å². The lowest BCUT2D eigenvalue weighted by Crippen LogP contribution is -2.48. The zero-order valence-corrected chi connectivity index (χ0v) is 26.0. The van der Waals surface area contributed by atoms with E-state index in [1.165, 1.54) is 30.1 Å². The maximum atomic E-state index is 13.4. The highest BCUT2D eigenvalue weighted by Crippen LogP contribution is 2.31. The number of urea groups is 1. The second-order valence-corrected chi connectivity index (χ2v) is 13.1. The Hall–Kier alpha value is -4.21. The Morgan fingerprint density at radius 3 is 2.28 bits per heavy atom. The summed E-state index contributed by atoms with van der Waals surface area (Å²) in [4.78, 5) is 27.5. The number of rotatable bonds is 8. The van der Waals surface area contributed by atoms with Crippen LogP contribution in [-0.2, 0) is 27.4 Å². The van der Waals surface area contributed by atoms with E-state index in [0.29, 0.717) is 5.56 Å². The molecule has 248 valence electrons. The molecule has 0 fully saturated rings. The number of likely N-dealkylation sites (N-methyl/N-ethyl adjacent to an activating group) is 1. The number of alkyl halides is 3. The van der Waals surface area contributed by atoms with Crippen molar-refractivity contribution in [3.8, 4) is 5.75 Å². The van der Waals surface area contributed by atoms with Crippen molar-refractivity contribution in [2.45, 2.75) is 43.5 Å². The number of amides is 3. The minimum absolute atomic E-state index is 0.108. The Bertz CT molecular complexity index is 1650. The molecule has 46 heavy (non-hydrogen) atoms. The van der Waals surface area contributed by atoms with Crippen LogP contribution in [0.4, 0.5) is 33.7 Å². The van der Waals surface area contributed by atoms with Crippen molar-refractivity contribution in [1.29, 1.82) is 0 Å².